The van der Waals surface area contributed by atoms with Crippen LogP contribution in [0.4, 0.5) is 4.39 Å². The average Bonchev–Trinajstić information content (AvgIpc) is 2.74. The van der Waals surface area contributed by atoms with E-state index >= 15 is 0 Å². The van der Waals surface area contributed by atoms with Crippen LogP contribution in [0.15, 0.2) is 22.7 Å². The first-order valence-electron chi connectivity index (χ1n) is 6.81. The zero-order valence-electron chi connectivity index (χ0n) is 11.4. The predicted octanol–water partition coefficient (Wildman–Crippen LogP) is 3.06. The summed E-state index contributed by atoms with van der Waals surface area (Å²) in [5.41, 5.74) is 0.551. The van der Waals surface area contributed by atoms with Crippen molar-refractivity contribution in [1.29, 1.82) is 0 Å². The van der Waals surface area contributed by atoms with E-state index in [4.69, 9.17) is 0 Å². The van der Waals surface area contributed by atoms with E-state index in [1.807, 2.05) is 6.92 Å². The summed E-state index contributed by atoms with van der Waals surface area (Å²) in [5.74, 6) is -0.000712. The molecule has 1 N–H and O–H groups in total. The molecule has 0 radical (unpaired) electrons. The zero-order chi connectivity index (χ0) is 14.8. The Balaban J connectivity index is 2.30. The van der Waals surface area contributed by atoms with Gasteiger partial charge in [0, 0.05) is 16.1 Å². The summed E-state index contributed by atoms with van der Waals surface area (Å²) >= 11 is 3.35. The van der Waals surface area contributed by atoms with Crippen molar-refractivity contribution in [3.8, 4) is 0 Å². The van der Waals surface area contributed by atoms with Crippen molar-refractivity contribution in [2.75, 3.05) is 18.1 Å². The highest BCUT2D eigenvalue weighted by Gasteiger charge is 2.35. The third-order valence-electron chi connectivity index (χ3n) is 3.65. The molecule has 0 saturated carbocycles. The molecule has 0 amide bonds. The molecule has 1 heterocycles. The summed E-state index contributed by atoms with van der Waals surface area (Å²) < 4.78 is 38.2. The molecular weight excluding hydrogens is 345 g/mol. The fraction of sp³-hybridized carbons (Fsp3) is 0.571. The first kappa shape index (κ1) is 15.9. The van der Waals surface area contributed by atoms with Gasteiger partial charge in [0.05, 0.1) is 11.5 Å². The van der Waals surface area contributed by atoms with Gasteiger partial charge in [0.1, 0.15) is 5.82 Å². The van der Waals surface area contributed by atoms with Gasteiger partial charge in [0.2, 0.25) is 0 Å². The van der Waals surface area contributed by atoms with Crippen LogP contribution in [-0.2, 0) is 9.84 Å². The molecule has 0 bridgehead atoms. The Morgan fingerprint density at radius 3 is 2.85 bits per heavy atom. The highest BCUT2D eigenvalue weighted by Crippen LogP contribution is 2.33. The van der Waals surface area contributed by atoms with E-state index in [1.54, 1.807) is 12.1 Å². The third kappa shape index (κ3) is 3.80. The van der Waals surface area contributed by atoms with Gasteiger partial charge in [-0.3, -0.25) is 0 Å². The number of sulfone groups is 1. The summed E-state index contributed by atoms with van der Waals surface area (Å²) in [5, 5.41) is 3.31. The Morgan fingerprint density at radius 1 is 1.50 bits per heavy atom. The highest BCUT2D eigenvalue weighted by atomic mass is 79.9. The molecule has 0 aliphatic carbocycles. The molecule has 20 heavy (non-hydrogen) atoms. The summed E-state index contributed by atoms with van der Waals surface area (Å²) in [4.78, 5) is 0. The van der Waals surface area contributed by atoms with Gasteiger partial charge in [-0.05, 0) is 43.5 Å². The Morgan fingerprint density at radius 2 is 2.25 bits per heavy atom. The molecule has 1 fully saturated rings. The Hall–Kier alpha value is -0.460. The largest absolute Gasteiger partial charge is 0.310 e. The Bertz CT molecular complexity index is 577. The highest BCUT2D eigenvalue weighted by molar-refractivity contribution is 9.10. The van der Waals surface area contributed by atoms with Crippen LogP contribution in [0.3, 0.4) is 0 Å². The van der Waals surface area contributed by atoms with Crippen LogP contribution in [0.1, 0.15) is 31.4 Å². The number of hydrogen-bond donors (Lipinski definition) is 1. The van der Waals surface area contributed by atoms with Crippen molar-refractivity contribution in [1.82, 2.24) is 5.32 Å². The summed E-state index contributed by atoms with van der Waals surface area (Å²) in [6.45, 7) is 2.78. The van der Waals surface area contributed by atoms with Crippen molar-refractivity contribution in [3.63, 3.8) is 0 Å². The van der Waals surface area contributed by atoms with Gasteiger partial charge >= 0.3 is 0 Å². The predicted molar refractivity (Wildman–Crippen MR) is 81.9 cm³/mol. The SMILES string of the molecule is CCCNC(c1cc(Br)ccc1F)C1CCS(=O)(=O)C1. The maximum atomic E-state index is 14.1. The quantitative estimate of drug-likeness (QED) is 0.874. The van der Waals surface area contributed by atoms with Crippen LogP contribution < -0.4 is 5.32 Å². The maximum absolute atomic E-state index is 14.1. The van der Waals surface area contributed by atoms with Crippen LogP contribution in [-0.4, -0.2) is 26.5 Å². The van der Waals surface area contributed by atoms with Gasteiger partial charge < -0.3 is 5.32 Å². The zero-order valence-corrected chi connectivity index (χ0v) is 13.8. The second-order valence-electron chi connectivity index (χ2n) is 5.26. The molecule has 6 heteroatoms. The van der Waals surface area contributed by atoms with Crippen molar-refractivity contribution in [2.45, 2.75) is 25.8 Å². The summed E-state index contributed by atoms with van der Waals surface area (Å²) in [6.07, 6.45) is 1.52. The number of benzene rings is 1. The number of halogens is 2. The standard InChI is InChI=1S/C14H19BrFNO2S/c1-2-6-17-14(10-5-7-20(18,19)9-10)12-8-11(15)3-4-13(12)16/h3-4,8,10,14,17H,2,5-7,9H2,1H3. The first-order valence-corrected chi connectivity index (χ1v) is 9.43. The molecule has 0 spiro atoms. The van der Waals surface area contributed by atoms with Crippen molar-refractivity contribution >= 4 is 25.8 Å². The molecule has 0 aromatic heterocycles. The third-order valence-corrected chi connectivity index (χ3v) is 5.93. The van der Waals surface area contributed by atoms with Crippen LogP contribution >= 0.6 is 15.9 Å². The molecule has 112 valence electrons. The van der Waals surface area contributed by atoms with Gasteiger partial charge in [-0.2, -0.15) is 0 Å². The van der Waals surface area contributed by atoms with Gasteiger partial charge in [0.25, 0.3) is 0 Å². The van der Waals surface area contributed by atoms with Crippen LogP contribution in [0, 0.1) is 11.7 Å². The lowest BCUT2D eigenvalue weighted by Gasteiger charge is -2.25. The number of nitrogens with one attached hydrogen (secondary N) is 1. The molecule has 2 unspecified atom stereocenters. The number of rotatable bonds is 5. The molecule has 1 saturated heterocycles. The molecule has 1 aromatic carbocycles. The van der Waals surface area contributed by atoms with Crippen molar-refractivity contribution in [2.24, 2.45) is 5.92 Å². The van der Waals surface area contributed by atoms with E-state index in [9.17, 15) is 12.8 Å². The molecule has 1 aliphatic rings. The van der Waals surface area contributed by atoms with Crippen LogP contribution in [0.2, 0.25) is 0 Å². The van der Waals surface area contributed by atoms with Gasteiger partial charge in [-0.15, -0.1) is 0 Å². The van der Waals surface area contributed by atoms with E-state index in [1.165, 1.54) is 6.07 Å². The fourth-order valence-electron chi connectivity index (χ4n) is 2.67. The minimum absolute atomic E-state index is 0.0599. The van der Waals surface area contributed by atoms with Gasteiger partial charge in [0.15, 0.2) is 9.84 Å². The lowest BCUT2D eigenvalue weighted by atomic mass is 9.92. The van der Waals surface area contributed by atoms with Gasteiger partial charge in [-0.25, -0.2) is 12.8 Å². The summed E-state index contributed by atoms with van der Waals surface area (Å²) in [6, 6.07) is 4.57. The molecule has 2 atom stereocenters. The first-order chi connectivity index (χ1) is 9.43. The van der Waals surface area contributed by atoms with Crippen LogP contribution in [0.5, 0.6) is 0 Å². The van der Waals surface area contributed by atoms with Crippen molar-refractivity contribution < 1.29 is 12.8 Å². The summed E-state index contributed by atoms with van der Waals surface area (Å²) in [7, 11) is -2.97. The molecule has 1 aromatic rings. The molecule has 3 nitrogen and oxygen atoms in total. The lowest BCUT2D eigenvalue weighted by Crippen LogP contribution is -2.30. The van der Waals surface area contributed by atoms with E-state index in [2.05, 4.69) is 21.2 Å². The fourth-order valence-corrected chi connectivity index (χ4v) is 4.89. The minimum Gasteiger partial charge on any atom is -0.310 e. The van der Waals surface area contributed by atoms with Crippen LogP contribution in [0.25, 0.3) is 0 Å². The monoisotopic (exact) mass is 363 g/mol. The smallest absolute Gasteiger partial charge is 0.150 e. The average molecular weight is 364 g/mol. The second kappa shape index (κ2) is 6.54. The van der Waals surface area contributed by atoms with Crippen molar-refractivity contribution in [3.05, 3.63) is 34.1 Å². The Kier molecular flexibility index (Phi) is 5.20. The molecule has 2 rings (SSSR count). The van der Waals surface area contributed by atoms with Gasteiger partial charge in [-0.1, -0.05) is 22.9 Å². The molecular formula is C14H19BrFNO2S. The van der Waals surface area contributed by atoms with E-state index in [0.717, 1.165) is 17.4 Å². The Labute approximate surface area is 128 Å². The maximum Gasteiger partial charge on any atom is 0.150 e. The number of hydrogen-bond acceptors (Lipinski definition) is 3. The van der Waals surface area contributed by atoms with E-state index in [-0.39, 0.29) is 29.3 Å². The van der Waals surface area contributed by atoms with E-state index in [0.29, 0.717) is 12.0 Å². The lowest BCUT2D eigenvalue weighted by molar-refractivity contribution is 0.380. The second-order valence-corrected chi connectivity index (χ2v) is 8.41. The molecule has 1 aliphatic heterocycles. The minimum atomic E-state index is -2.97. The topological polar surface area (TPSA) is 46.2 Å². The van der Waals surface area contributed by atoms with E-state index < -0.39 is 9.84 Å². The normalized spacial score (nSPS) is 22.9.